The number of carbonyl (C=O) groups excluding carboxylic acids is 4. The van der Waals surface area contributed by atoms with Crippen LogP contribution in [0.2, 0.25) is 5.02 Å². The number of thioether (sulfide) groups is 1. The SMILES string of the molecule is CCOC(=O)Cc1csc(NC(=O)CSc2ccc(NC(=O)/C(=C/c3ccc(Cl)cc3)NC(=O)c3ccccc3)cc2)n1. The fourth-order valence-electron chi connectivity index (χ4n) is 3.61. The number of carbonyl (C=O) groups is 4. The minimum absolute atomic E-state index is 0.0512. The highest BCUT2D eigenvalue weighted by Crippen LogP contribution is 2.22. The third-order valence-electron chi connectivity index (χ3n) is 5.62. The second-order valence-corrected chi connectivity index (χ2v) is 11.2. The van der Waals surface area contributed by atoms with Crippen LogP contribution in [-0.2, 0) is 25.5 Å². The van der Waals surface area contributed by atoms with Crippen molar-refractivity contribution in [1.29, 1.82) is 0 Å². The molecule has 0 saturated heterocycles. The Balaban J connectivity index is 1.34. The monoisotopic (exact) mass is 634 g/mol. The number of benzene rings is 3. The van der Waals surface area contributed by atoms with Crippen molar-refractivity contribution in [2.24, 2.45) is 0 Å². The number of esters is 1. The highest BCUT2D eigenvalue weighted by molar-refractivity contribution is 8.00. The van der Waals surface area contributed by atoms with E-state index in [9.17, 15) is 19.2 Å². The van der Waals surface area contributed by atoms with Gasteiger partial charge >= 0.3 is 5.97 Å². The van der Waals surface area contributed by atoms with Gasteiger partial charge in [-0.15, -0.1) is 23.1 Å². The van der Waals surface area contributed by atoms with E-state index in [4.69, 9.17) is 16.3 Å². The van der Waals surface area contributed by atoms with Gasteiger partial charge in [0.25, 0.3) is 11.8 Å². The second kappa shape index (κ2) is 15.7. The van der Waals surface area contributed by atoms with Crippen molar-refractivity contribution in [2.45, 2.75) is 18.2 Å². The Morgan fingerprint density at radius 1 is 0.953 bits per heavy atom. The zero-order valence-electron chi connectivity index (χ0n) is 23.0. The van der Waals surface area contributed by atoms with Gasteiger partial charge in [0, 0.05) is 26.5 Å². The average Bonchev–Trinajstić information content (AvgIpc) is 3.44. The zero-order chi connectivity index (χ0) is 30.6. The third-order valence-corrected chi connectivity index (χ3v) is 7.69. The number of hydrogen-bond donors (Lipinski definition) is 3. The van der Waals surface area contributed by atoms with Gasteiger partial charge in [0.1, 0.15) is 5.70 Å². The molecule has 220 valence electrons. The summed E-state index contributed by atoms with van der Waals surface area (Å²) >= 11 is 8.54. The first-order valence-electron chi connectivity index (χ1n) is 13.1. The fourth-order valence-corrected chi connectivity index (χ4v) is 5.16. The van der Waals surface area contributed by atoms with E-state index in [-0.39, 0.29) is 29.7 Å². The minimum atomic E-state index is -0.509. The molecule has 3 N–H and O–H groups in total. The number of ether oxygens (including phenoxy) is 1. The first-order valence-corrected chi connectivity index (χ1v) is 15.3. The Bertz CT molecular complexity index is 1610. The highest BCUT2D eigenvalue weighted by atomic mass is 35.5. The first kappa shape index (κ1) is 31.5. The molecule has 0 fully saturated rings. The van der Waals surface area contributed by atoms with E-state index in [0.29, 0.717) is 39.3 Å². The van der Waals surface area contributed by atoms with Crippen molar-refractivity contribution >= 4 is 75.3 Å². The molecule has 0 aliphatic heterocycles. The van der Waals surface area contributed by atoms with Gasteiger partial charge in [0.2, 0.25) is 5.91 Å². The first-order chi connectivity index (χ1) is 20.8. The van der Waals surface area contributed by atoms with Crippen LogP contribution in [0.3, 0.4) is 0 Å². The number of hydrogen-bond acceptors (Lipinski definition) is 8. The Kier molecular flexibility index (Phi) is 11.5. The van der Waals surface area contributed by atoms with E-state index in [1.807, 2.05) is 0 Å². The summed E-state index contributed by atoms with van der Waals surface area (Å²) in [6.45, 7) is 2.03. The van der Waals surface area contributed by atoms with Gasteiger partial charge in [-0.3, -0.25) is 19.2 Å². The van der Waals surface area contributed by atoms with Crippen molar-refractivity contribution in [1.82, 2.24) is 10.3 Å². The van der Waals surface area contributed by atoms with Crippen LogP contribution in [0, 0.1) is 0 Å². The van der Waals surface area contributed by atoms with Crippen LogP contribution in [0.5, 0.6) is 0 Å². The van der Waals surface area contributed by atoms with Crippen LogP contribution in [0.1, 0.15) is 28.5 Å². The quantitative estimate of drug-likeness (QED) is 0.0985. The lowest BCUT2D eigenvalue weighted by molar-refractivity contribution is -0.142. The molecule has 0 saturated carbocycles. The van der Waals surface area contributed by atoms with Gasteiger partial charge in [-0.05, 0) is 67.1 Å². The number of halogens is 1. The molecule has 4 rings (SSSR count). The molecule has 4 aromatic rings. The lowest BCUT2D eigenvalue weighted by atomic mass is 10.1. The minimum Gasteiger partial charge on any atom is -0.466 e. The van der Waals surface area contributed by atoms with Crippen LogP contribution in [0.15, 0.2) is 94.8 Å². The summed E-state index contributed by atoms with van der Waals surface area (Å²) in [5, 5.41) is 10.9. The third kappa shape index (κ3) is 10.1. The molecule has 12 heteroatoms. The predicted octanol–water partition coefficient (Wildman–Crippen LogP) is 6.04. The molecule has 0 unspecified atom stereocenters. The van der Waals surface area contributed by atoms with Gasteiger partial charge in [-0.2, -0.15) is 0 Å². The van der Waals surface area contributed by atoms with Crippen molar-refractivity contribution < 1.29 is 23.9 Å². The van der Waals surface area contributed by atoms with Gasteiger partial charge in [0.15, 0.2) is 5.13 Å². The van der Waals surface area contributed by atoms with Crippen LogP contribution in [-0.4, -0.2) is 41.0 Å². The lowest BCUT2D eigenvalue weighted by Crippen LogP contribution is -2.30. The summed E-state index contributed by atoms with van der Waals surface area (Å²) in [4.78, 5) is 55.1. The molecule has 1 heterocycles. The number of nitrogens with zero attached hydrogens (tertiary/aromatic N) is 1. The molecule has 0 radical (unpaired) electrons. The molecule has 3 amide bonds. The lowest BCUT2D eigenvalue weighted by Gasteiger charge is -2.12. The van der Waals surface area contributed by atoms with E-state index >= 15 is 0 Å². The molecular weight excluding hydrogens is 608 g/mol. The highest BCUT2D eigenvalue weighted by Gasteiger charge is 2.16. The largest absolute Gasteiger partial charge is 0.466 e. The Morgan fingerprint density at radius 2 is 1.67 bits per heavy atom. The van der Waals surface area contributed by atoms with Crippen LogP contribution in [0.4, 0.5) is 10.8 Å². The molecule has 0 aliphatic rings. The molecule has 1 aromatic heterocycles. The summed E-state index contributed by atoms with van der Waals surface area (Å²) < 4.78 is 4.91. The summed E-state index contributed by atoms with van der Waals surface area (Å²) in [6, 6.07) is 22.4. The summed E-state index contributed by atoms with van der Waals surface area (Å²) in [6.07, 6.45) is 1.62. The van der Waals surface area contributed by atoms with Gasteiger partial charge in [0.05, 0.1) is 24.5 Å². The van der Waals surface area contributed by atoms with Crippen molar-refractivity contribution in [3.8, 4) is 0 Å². The van der Waals surface area contributed by atoms with Crippen molar-refractivity contribution in [3.05, 3.63) is 112 Å². The maximum Gasteiger partial charge on any atom is 0.311 e. The van der Waals surface area contributed by atoms with E-state index in [1.165, 1.54) is 23.1 Å². The predicted molar refractivity (Wildman–Crippen MR) is 170 cm³/mol. The number of aromatic nitrogens is 1. The van der Waals surface area contributed by atoms with E-state index in [0.717, 1.165) is 4.90 Å². The molecular formula is C31H27ClN4O5S2. The number of rotatable bonds is 12. The van der Waals surface area contributed by atoms with Crippen LogP contribution >= 0.6 is 34.7 Å². The smallest absolute Gasteiger partial charge is 0.311 e. The number of thiazole rings is 1. The van der Waals surface area contributed by atoms with E-state index in [1.54, 1.807) is 97.2 Å². The Labute approximate surface area is 261 Å². The fraction of sp³-hybridized carbons (Fsp3) is 0.129. The van der Waals surface area contributed by atoms with Crippen molar-refractivity contribution in [3.63, 3.8) is 0 Å². The van der Waals surface area contributed by atoms with E-state index < -0.39 is 11.8 Å². The second-order valence-electron chi connectivity index (χ2n) is 8.87. The summed E-state index contributed by atoms with van der Waals surface area (Å²) in [5.41, 5.74) is 2.19. The molecule has 3 aromatic carbocycles. The topological polar surface area (TPSA) is 126 Å². The molecule has 9 nitrogen and oxygen atoms in total. The molecule has 0 spiro atoms. The zero-order valence-corrected chi connectivity index (χ0v) is 25.4. The van der Waals surface area contributed by atoms with Crippen molar-refractivity contribution in [2.75, 3.05) is 23.0 Å². The normalized spacial score (nSPS) is 11.0. The summed E-state index contributed by atoms with van der Waals surface area (Å²) in [5.74, 6) is -1.41. The molecule has 0 atom stereocenters. The maximum atomic E-state index is 13.2. The van der Waals surface area contributed by atoms with Gasteiger partial charge in [-0.1, -0.05) is 41.9 Å². The molecule has 43 heavy (non-hydrogen) atoms. The van der Waals surface area contributed by atoms with Gasteiger partial charge < -0.3 is 20.7 Å². The Hall–Kier alpha value is -4.45. The average molecular weight is 635 g/mol. The van der Waals surface area contributed by atoms with Crippen LogP contribution < -0.4 is 16.0 Å². The molecule has 0 aliphatic carbocycles. The van der Waals surface area contributed by atoms with Crippen LogP contribution in [0.25, 0.3) is 6.08 Å². The number of anilines is 2. The summed E-state index contributed by atoms with van der Waals surface area (Å²) in [7, 11) is 0. The van der Waals surface area contributed by atoms with Gasteiger partial charge in [-0.25, -0.2) is 4.98 Å². The number of amides is 3. The number of nitrogens with one attached hydrogen (secondary N) is 3. The Morgan fingerprint density at radius 3 is 2.37 bits per heavy atom. The standard InChI is InChI=1S/C31H27ClN4O5S2/c1-2-41-28(38)17-24-18-43-31(34-24)36-27(37)19-42-25-14-12-23(13-15-25)33-30(40)26(16-20-8-10-22(32)11-9-20)35-29(39)21-6-4-3-5-7-21/h3-16,18H,2,17,19H2,1H3,(H,33,40)(H,35,39)(H,34,36,37)/b26-16-. The molecule has 0 bridgehead atoms. The maximum absolute atomic E-state index is 13.2. The van der Waals surface area contributed by atoms with E-state index in [2.05, 4.69) is 20.9 Å².